The van der Waals surface area contributed by atoms with E-state index in [9.17, 15) is 9.90 Å². The van der Waals surface area contributed by atoms with Gasteiger partial charge in [0.15, 0.2) is 11.5 Å². The van der Waals surface area contributed by atoms with Crippen LogP contribution >= 0.6 is 0 Å². The Balaban J connectivity index is 1.69. The first-order valence-corrected chi connectivity index (χ1v) is 9.46. The maximum Gasteiger partial charge on any atom is 0.255 e. The van der Waals surface area contributed by atoms with Crippen molar-refractivity contribution in [2.24, 2.45) is 0 Å². The van der Waals surface area contributed by atoms with Gasteiger partial charge in [0.2, 0.25) is 5.95 Å². The molecule has 152 valence electrons. The van der Waals surface area contributed by atoms with Crippen LogP contribution in [0.5, 0.6) is 0 Å². The van der Waals surface area contributed by atoms with Crippen molar-refractivity contribution in [3.8, 4) is 0 Å². The SMILES string of the molecule is Cc1cnc2c(C(=O)NCC3(O)CC3)cn(Cc3nc(C)nc(N(C)C)n3)c2n1. The maximum absolute atomic E-state index is 12.7. The van der Waals surface area contributed by atoms with Gasteiger partial charge in [-0.1, -0.05) is 0 Å². The molecular weight excluding hydrogens is 372 g/mol. The predicted molar refractivity (Wildman–Crippen MR) is 107 cm³/mol. The highest BCUT2D eigenvalue weighted by atomic mass is 16.3. The van der Waals surface area contributed by atoms with E-state index in [0.717, 1.165) is 5.69 Å². The fraction of sp³-hybridized carbons (Fsp3) is 0.474. The van der Waals surface area contributed by atoms with E-state index in [1.165, 1.54) is 0 Å². The number of amides is 1. The molecule has 3 aromatic rings. The van der Waals surface area contributed by atoms with Crippen molar-refractivity contribution in [2.45, 2.75) is 38.8 Å². The molecular formula is C19H24N8O2. The molecule has 0 spiro atoms. The Morgan fingerprint density at radius 3 is 2.69 bits per heavy atom. The number of nitrogens with one attached hydrogen (secondary N) is 1. The number of aryl methyl sites for hydroxylation is 2. The molecule has 1 aliphatic carbocycles. The van der Waals surface area contributed by atoms with Gasteiger partial charge in [0.05, 0.1) is 23.4 Å². The van der Waals surface area contributed by atoms with Crippen LogP contribution in [0.4, 0.5) is 5.95 Å². The van der Waals surface area contributed by atoms with Crippen molar-refractivity contribution in [2.75, 3.05) is 25.5 Å². The molecule has 1 amide bonds. The van der Waals surface area contributed by atoms with Crippen LogP contribution in [0, 0.1) is 13.8 Å². The zero-order valence-electron chi connectivity index (χ0n) is 17.0. The van der Waals surface area contributed by atoms with Gasteiger partial charge in [-0.3, -0.25) is 9.78 Å². The van der Waals surface area contributed by atoms with E-state index in [-0.39, 0.29) is 12.5 Å². The van der Waals surface area contributed by atoms with Gasteiger partial charge in [-0.2, -0.15) is 9.97 Å². The van der Waals surface area contributed by atoms with Crippen LogP contribution in [-0.2, 0) is 6.54 Å². The average Bonchev–Trinajstić information content (AvgIpc) is 3.30. The van der Waals surface area contributed by atoms with Crippen LogP contribution in [0.1, 0.15) is 40.5 Å². The second kappa shape index (κ2) is 7.03. The second-order valence-corrected chi connectivity index (χ2v) is 7.75. The number of rotatable bonds is 6. The van der Waals surface area contributed by atoms with Crippen LogP contribution in [0.25, 0.3) is 11.2 Å². The summed E-state index contributed by atoms with van der Waals surface area (Å²) >= 11 is 0. The molecule has 29 heavy (non-hydrogen) atoms. The first-order valence-electron chi connectivity index (χ1n) is 9.46. The van der Waals surface area contributed by atoms with Crippen LogP contribution in [0.15, 0.2) is 12.4 Å². The number of nitrogens with zero attached hydrogens (tertiary/aromatic N) is 7. The molecule has 1 fully saturated rings. The topological polar surface area (TPSA) is 122 Å². The lowest BCUT2D eigenvalue weighted by atomic mass is 10.2. The molecule has 3 aromatic heterocycles. The van der Waals surface area contributed by atoms with Gasteiger partial charge in [-0.25, -0.2) is 9.97 Å². The molecule has 0 bridgehead atoms. The Morgan fingerprint density at radius 1 is 1.24 bits per heavy atom. The van der Waals surface area contributed by atoms with Gasteiger partial charge < -0.3 is 19.9 Å². The largest absolute Gasteiger partial charge is 0.388 e. The van der Waals surface area contributed by atoms with Crippen LogP contribution in [0.2, 0.25) is 0 Å². The molecule has 0 aliphatic heterocycles. The Morgan fingerprint density at radius 2 is 2.00 bits per heavy atom. The summed E-state index contributed by atoms with van der Waals surface area (Å²) in [6.45, 7) is 4.23. The number of hydrogen-bond acceptors (Lipinski definition) is 8. The van der Waals surface area contributed by atoms with Gasteiger partial charge in [0, 0.05) is 33.0 Å². The number of anilines is 1. The molecule has 10 heteroatoms. The van der Waals surface area contributed by atoms with E-state index in [2.05, 4.69) is 30.2 Å². The standard InChI is InChI=1S/C19H24N8O2/c1-11-7-20-15-13(17(28)21-10-19(29)5-6-19)8-27(16(15)22-11)9-14-23-12(2)24-18(25-14)26(3)4/h7-8,29H,5-6,9-10H2,1-4H3,(H,21,28). The molecule has 2 N–H and O–H groups in total. The molecule has 1 aliphatic rings. The highest BCUT2D eigenvalue weighted by molar-refractivity contribution is 6.04. The van der Waals surface area contributed by atoms with Crippen molar-refractivity contribution in [1.82, 2.24) is 34.8 Å². The molecule has 3 heterocycles. The van der Waals surface area contributed by atoms with Crippen molar-refractivity contribution < 1.29 is 9.90 Å². The number of fused-ring (bicyclic) bond motifs is 1. The Bertz CT molecular complexity index is 1090. The van der Waals surface area contributed by atoms with Gasteiger partial charge in [0.25, 0.3) is 5.91 Å². The average molecular weight is 396 g/mol. The summed E-state index contributed by atoms with van der Waals surface area (Å²) in [4.78, 5) is 36.8. The molecule has 0 aromatic carbocycles. The van der Waals surface area contributed by atoms with E-state index in [1.54, 1.807) is 12.4 Å². The molecule has 0 saturated heterocycles. The van der Waals surface area contributed by atoms with E-state index >= 15 is 0 Å². The van der Waals surface area contributed by atoms with Gasteiger partial charge in [-0.15, -0.1) is 0 Å². The lowest BCUT2D eigenvalue weighted by Gasteiger charge is -2.12. The molecule has 4 rings (SSSR count). The summed E-state index contributed by atoms with van der Waals surface area (Å²) in [6.07, 6.45) is 4.77. The zero-order valence-corrected chi connectivity index (χ0v) is 17.0. The maximum atomic E-state index is 12.7. The summed E-state index contributed by atoms with van der Waals surface area (Å²) in [5.41, 5.74) is 1.49. The minimum atomic E-state index is -0.763. The third-order valence-electron chi connectivity index (χ3n) is 4.83. The van der Waals surface area contributed by atoms with Gasteiger partial charge in [0.1, 0.15) is 11.3 Å². The predicted octanol–water partition coefficient (Wildman–Crippen LogP) is 0.602. The third kappa shape index (κ3) is 4.02. The molecule has 0 radical (unpaired) electrons. The number of aromatic nitrogens is 6. The molecule has 1 saturated carbocycles. The van der Waals surface area contributed by atoms with E-state index in [1.807, 2.05) is 37.4 Å². The number of hydrogen-bond donors (Lipinski definition) is 2. The van der Waals surface area contributed by atoms with E-state index in [4.69, 9.17) is 0 Å². The molecule has 10 nitrogen and oxygen atoms in total. The van der Waals surface area contributed by atoms with Crippen molar-refractivity contribution in [3.05, 3.63) is 35.3 Å². The number of carbonyl (C=O) groups excluding carboxylic acids is 1. The van der Waals surface area contributed by atoms with Crippen LogP contribution in [-0.4, -0.2) is 66.7 Å². The third-order valence-corrected chi connectivity index (χ3v) is 4.83. The van der Waals surface area contributed by atoms with E-state index in [0.29, 0.717) is 53.7 Å². The lowest BCUT2D eigenvalue weighted by Crippen LogP contribution is -2.33. The Kier molecular flexibility index (Phi) is 4.65. The second-order valence-electron chi connectivity index (χ2n) is 7.75. The summed E-state index contributed by atoms with van der Waals surface area (Å²) < 4.78 is 1.82. The zero-order chi connectivity index (χ0) is 20.8. The monoisotopic (exact) mass is 396 g/mol. The quantitative estimate of drug-likeness (QED) is 0.621. The van der Waals surface area contributed by atoms with Crippen LogP contribution in [0.3, 0.4) is 0 Å². The normalized spacial score (nSPS) is 14.8. The highest BCUT2D eigenvalue weighted by Crippen LogP contribution is 2.34. The smallest absolute Gasteiger partial charge is 0.255 e. The van der Waals surface area contributed by atoms with Gasteiger partial charge in [-0.05, 0) is 26.7 Å². The summed E-state index contributed by atoms with van der Waals surface area (Å²) in [6, 6.07) is 0. The molecule has 0 unspecified atom stereocenters. The first-order chi connectivity index (χ1) is 13.7. The minimum Gasteiger partial charge on any atom is -0.388 e. The molecule has 0 atom stereocenters. The number of aliphatic hydroxyl groups is 1. The van der Waals surface area contributed by atoms with E-state index < -0.39 is 5.60 Å². The first kappa shape index (κ1) is 19.2. The fourth-order valence-electron chi connectivity index (χ4n) is 3.03. The number of carbonyl (C=O) groups is 1. The summed E-state index contributed by atoms with van der Waals surface area (Å²) in [5.74, 6) is 1.48. The van der Waals surface area contributed by atoms with Crippen molar-refractivity contribution in [3.63, 3.8) is 0 Å². The van der Waals surface area contributed by atoms with Crippen molar-refractivity contribution >= 4 is 23.0 Å². The highest BCUT2D eigenvalue weighted by Gasteiger charge is 2.40. The fourth-order valence-corrected chi connectivity index (χ4v) is 3.03. The Labute approximate surface area is 168 Å². The van der Waals surface area contributed by atoms with Crippen LogP contribution < -0.4 is 10.2 Å². The minimum absolute atomic E-state index is 0.233. The summed E-state index contributed by atoms with van der Waals surface area (Å²) in [5, 5.41) is 12.8. The summed E-state index contributed by atoms with van der Waals surface area (Å²) in [7, 11) is 3.74. The van der Waals surface area contributed by atoms with Crippen molar-refractivity contribution in [1.29, 1.82) is 0 Å². The van der Waals surface area contributed by atoms with Gasteiger partial charge >= 0.3 is 0 Å². The Hall–Kier alpha value is -3.14. The lowest BCUT2D eigenvalue weighted by molar-refractivity contribution is 0.0897.